The number of hydrogen-bond donors (Lipinski definition) is 1. The molecule has 9 nitrogen and oxygen atoms in total. The Morgan fingerprint density at radius 1 is 0.935 bits per heavy atom. The highest BCUT2D eigenvalue weighted by molar-refractivity contribution is 5.95. The van der Waals surface area contributed by atoms with Crippen LogP contribution in [-0.2, 0) is 30.5 Å². The van der Waals surface area contributed by atoms with Crippen molar-refractivity contribution in [3.8, 4) is 0 Å². The maximum Gasteiger partial charge on any atom is 0.519 e. The first-order chi connectivity index (χ1) is 21.3. The van der Waals surface area contributed by atoms with Crippen LogP contribution in [-0.4, -0.2) is 35.5 Å². The number of ether oxygens (including phenoxy) is 2. The molecule has 1 aromatic heterocycles. The molecule has 1 heterocycles. The average Bonchev–Trinajstić information content (AvgIpc) is 3.29. The number of hydrogen-bond acceptors (Lipinski definition) is 8. The molecule has 1 unspecified atom stereocenters. The van der Waals surface area contributed by atoms with Gasteiger partial charge in [-0.1, -0.05) is 47.1 Å². The van der Waals surface area contributed by atoms with Crippen LogP contribution in [0.25, 0.3) is 0 Å². The van der Waals surface area contributed by atoms with Gasteiger partial charge in [0.2, 0.25) is 0 Å². The molecule has 0 aromatic carbocycles. The molecule has 0 radical (unpaired) electrons. The first kappa shape index (κ1) is 33.2. The summed E-state index contributed by atoms with van der Waals surface area (Å²) in [5.41, 5.74) is -0.451. The molecule has 0 amide bonds. The Morgan fingerprint density at radius 2 is 1.63 bits per heavy atom. The van der Waals surface area contributed by atoms with Crippen molar-refractivity contribution in [3.05, 3.63) is 33.8 Å². The average molecular weight is 641 g/mol. The van der Waals surface area contributed by atoms with Crippen molar-refractivity contribution in [2.24, 2.45) is 50.2 Å². The van der Waals surface area contributed by atoms with Crippen molar-refractivity contribution in [1.29, 1.82) is 0 Å². The molecule has 0 saturated heterocycles. The Kier molecular flexibility index (Phi) is 7.70. The molecule has 254 valence electrons. The van der Waals surface area contributed by atoms with Crippen molar-refractivity contribution in [3.63, 3.8) is 0 Å². The monoisotopic (exact) mass is 640 g/mol. The second-order valence-corrected chi connectivity index (χ2v) is 17.3. The van der Waals surface area contributed by atoms with Gasteiger partial charge in [0.15, 0.2) is 23.9 Å². The topological polar surface area (TPSA) is 133 Å². The molecule has 4 fully saturated rings. The highest BCUT2D eigenvalue weighted by atomic mass is 16.6. The molecule has 46 heavy (non-hydrogen) atoms. The van der Waals surface area contributed by atoms with E-state index in [9.17, 15) is 24.3 Å². The molecule has 1 N–H and O–H groups in total. The highest BCUT2D eigenvalue weighted by Gasteiger charge is 2.70. The second kappa shape index (κ2) is 10.7. The number of carbonyl (C=O) groups excluding carboxylic acids is 2. The van der Waals surface area contributed by atoms with Crippen LogP contribution >= 0.6 is 0 Å². The van der Waals surface area contributed by atoms with Crippen LogP contribution in [0.5, 0.6) is 0 Å². The van der Waals surface area contributed by atoms with Gasteiger partial charge in [-0.3, -0.25) is 9.59 Å². The van der Waals surface area contributed by atoms with Crippen LogP contribution in [0.1, 0.15) is 118 Å². The second-order valence-electron chi connectivity index (χ2n) is 17.3. The van der Waals surface area contributed by atoms with E-state index in [-0.39, 0.29) is 81.5 Å². The molecule has 5 aliphatic carbocycles. The number of aryl methyl sites for hydroxylation is 1. The molecule has 1 aromatic rings. The van der Waals surface area contributed by atoms with Crippen molar-refractivity contribution < 1.29 is 37.8 Å². The maximum absolute atomic E-state index is 14.6. The summed E-state index contributed by atoms with van der Waals surface area (Å²) in [6.07, 6.45) is 9.49. The van der Waals surface area contributed by atoms with Crippen LogP contribution in [0.4, 0.5) is 0 Å². The summed E-state index contributed by atoms with van der Waals surface area (Å²) in [4.78, 5) is 50.8. The van der Waals surface area contributed by atoms with Gasteiger partial charge >= 0.3 is 17.8 Å². The first-order valence-electron chi connectivity index (χ1n) is 17.2. The largest absolute Gasteiger partial charge is 0.519 e. The van der Waals surface area contributed by atoms with Gasteiger partial charge in [-0.15, -0.1) is 0 Å². The van der Waals surface area contributed by atoms with Crippen LogP contribution < -0.4 is 5.82 Å². The number of fused-ring (bicyclic) bond motifs is 7. The normalized spacial score (nSPS) is 43.0. The Hall–Kier alpha value is -2.68. The first-order valence-corrected chi connectivity index (χ1v) is 17.2. The van der Waals surface area contributed by atoms with Gasteiger partial charge in [0.25, 0.3) is 0 Å². The van der Waals surface area contributed by atoms with E-state index in [1.807, 2.05) is 13.0 Å². The fourth-order valence-corrected chi connectivity index (χ4v) is 11.5. The van der Waals surface area contributed by atoms with E-state index in [4.69, 9.17) is 18.3 Å². The van der Waals surface area contributed by atoms with Crippen LogP contribution in [0.15, 0.2) is 25.3 Å². The Labute approximate surface area is 271 Å². The standard InChI is InChI=1S/C37H52O9/c1-21-25(46-31(42)45-21)19-44-28(39)20-43-27-10-11-35(6)26(32(27,2)3)9-12-37(8)29(35)24(38)17-22-23-18-34(5,30(40)41)14-13-33(23,4)15-16-36(22,37)7/h17,23,26-27,29H,9-16,18-20H2,1-8H3,(H,40,41)/t23?,26-,27-,29+,33+,34-,35-,36+,37+/m0/s1. The summed E-state index contributed by atoms with van der Waals surface area (Å²) in [6.45, 7) is 16.9. The van der Waals surface area contributed by atoms with Crippen molar-refractivity contribution in [2.45, 2.75) is 126 Å². The van der Waals surface area contributed by atoms with Crippen LogP contribution in [0.2, 0.25) is 0 Å². The molecule has 0 spiro atoms. The summed E-state index contributed by atoms with van der Waals surface area (Å²) < 4.78 is 21.3. The van der Waals surface area contributed by atoms with E-state index >= 15 is 0 Å². The zero-order valence-electron chi connectivity index (χ0n) is 28.9. The van der Waals surface area contributed by atoms with E-state index in [0.29, 0.717) is 12.8 Å². The summed E-state index contributed by atoms with van der Waals surface area (Å²) in [5.74, 6) is -1.23. The lowest BCUT2D eigenvalue weighted by molar-refractivity contribution is -0.211. The van der Waals surface area contributed by atoms with Gasteiger partial charge in [-0.25, -0.2) is 9.59 Å². The summed E-state index contributed by atoms with van der Waals surface area (Å²) in [7, 11) is 0. The summed E-state index contributed by atoms with van der Waals surface area (Å²) in [5, 5.41) is 10.2. The smallest absolute Gasteiger partial charge is 0.481 e. The van der Waals surface area contributed by atoms with Gasteiger partial charge in [-0.05, 0) is 117 Å². The van der Waals surface area contributed by atoms with Crippen molar-refractivity contribution >= 4 is 17.7 Å². The lowest BCUT2D eigenvalue weighted by atomic mass is 9.33. The molecule has 9 atom stereocenters. The predicted molar refractivity (Wildman–Crippen MR) is 169 cm³/mol. The number of ketones is 1. The Balaban J connectivity index is 1.23. The van der Waals surface area contributed by atoms with E-state index < -0.39 is 23.2 Å². The molecular weight excluding hydrogens is 588 g/mol. The fraction of sp³-hybridized carbons (Fsp3) is 0.784. The minimum Gasteiger partial charge on any atom is -0.481 e. The lowest BCUT2D eigenvalue weighted by Crippen LogP contribution is -2.66. The van der Waals surface area contributed by atoms with Gasteiger partial charge < -0.3 is 23.4 Å². The molecule has 6 rings (SSSR count). The number of aliphatic carboxylic acids is 1. The van der Waals surface area contributed by atoms with Crippen LogP contribution in [0, 0.1) is 57.2 Å². The SMILES string of the molecule is Cc1oc(=O)oc1COC(=O)CO[C@H]1CC[C@]2(C)[C@H]3C(=O)C=C4C5C[C@@](C)(C(=O)O)CC[C@]5(C)CC[C@@]4(C)[C@]3(C)CC[C@H]2C1(C)C. The molecule has 4 saturated carbocycles. The number of carboxylic acids is 1. The third-order valence-corrected chi connectivity index (χ3v) is 14.6. The summed E-state index contributed by atoms with van der Waals surface area (Å²) >= 11 is 0. The number of allylic oxidation sites excluding steroid dienone is 2. The van der Waals surface area contributed by atoms with Gasteiger partial charge in [0, 0.05) is 5.92 Å². The third-order valence-electron chi connectivity index (χ3n) is 14.6. The van der Waals surface area contributed by atoms with E-state index in [2.05, 4.69) is 41.5 Å². The van der Waals surface area contributed by atoms with E-state index in [1.165, 1.54) is 5.57 Å². The molecule has 0 bridgehead atoms. The number of carbonyl (C=O) groups is 3. The molecular formula is C37H52O9. The fourth-order valence-electron chi connectivity index (χ4n) is 11.5. The lowest BCUT2D eigenvalue weighted by Gasteiger charge is -2.70. The Bertz CT molecular complexity index is 1530. The molecule has 5 aliphatic rings. The quantitative estimate of drug-likeness (QED) is 0.325. The highest BCUT2D eigenvalue weighted by Crippen LogP contribution is 2.75. The molecule has 0 aliphatic heterocycles. The zero-order valence-corrected chi connectivity index (χ0v) is 28.9. The number of esters is 1. The van der Waals surface area contributed by atoms with Gasteiger partial charge in [-0.2, -0.15) is 0 Å². The third kappa shape index (κ3) is 4.72. The number of carboxylic acid groups (broad SMARTS) is 1. The minimum atomic E-state index is -0.829. The zero-order chi connectivity index (χ0) is 33.7. The van der Waals surface area contributed by atoms with Gasteiger partial charge in [0.05, 0.1) is 11.5 Å². The van der Waals surface area contributed by atoms with Gasteiger partial charge in [0.1, 0.15) is 6.61 Å². The minimum absolute atomic E-state index is 0.0223. The van der Waals surface area contributed by atoms with Crippen LogP contribution in [0.3, 0.4) is 0 Å². The van der Waals surface area contributed by atoms with E-state index in [1.54, 1.807) is 6.92 Å². The maximum atomic E-state index is 14.6. The predicted octanol–water partition coefficient (Wildman–Crippen LogP) is 7.03. The Morgan fingerprint density at radius 3 is 2.28 bits per heavy atom. The van der Waals surface area contributed by atoms with Crippen molar-refractivity contribution in [2.75, 3.05) is 6.61 Å². The molecule has 9 heteroatoms. The van der Waals surface area contributed by atoms with E-state index in [0.717, 1.165) is 44.9 Å². The summed E-state index contributed by atoms with van der Waals surface area (Å²) in [6, 6.07) is 0. The number of rotatable bonds is 6. The van der Waals surface area contributed by atoms with Crippen molar-refractivity contribution in [1.82, 2.24) is 0 Å².